The largest absolute Gasteiger partial charge is 0.350 e. The summed E-state index contributed by atoms with van der Waals surface area (Å²) < 4.78 is 28.5. The van der Waals surface area contributed by atoms with Crippen LogP contribution >= 0.6 is 0 Å². The number of carbonyl (C=O) groups is 1. The number of benzene rings is 3. The van der Waals surface area contributed by atoms with E-state index in [0.717, 1.165) is 27.8 Å². The second-order valence-corrected chi connectivity index (χ2v) is 10.0. The minimum atomic E-state index is -3.60. The van der Waals surface area contributed by atoms with Gasteiger partial charge in [-0.2, -0.15) is 0 Å². The van der Waals surface area contributed by atoms with Crippen molar-refractivity contribution in [2.24, 2.45) is 0 Å². The van der Waals surface area contributed by atoms with Crippen molar-refractivity contribution in [2.45, 2.75) is 37.6 Å². The van der Waals surface area contributed by atoms with E-state index in [9.17, 15) is 13.2 Å². The molecule has 0 unspecified atom stereocenters. The Kier molecular flexibility index (Phi) is 6.15. The number of nitrogens with zero attached hydrogens (tertiary/aromatic N) is 1. The predicted molar refractivity (Wildman–Crippen MR) is 127 cm³/mol. The van der Waals surface area contributed by atoms with Crippen LogP contribution in [0.3, 0.4) is 0 Å². The number of fused-ring (bicyclic) bond motifs is 1. The predicted octanol–water partition coefficient (Wildman–Crippen LogP) is 4.55. The zero-order valence-corrected chi connectivity index (χ0v) is 19.0. The summed E-state index contributed by atoms with van der Waals surface area (Å²) in [5.74, 6) is -0.248. The number of hydrogen-bond acceptors (Lipinski definition) is 3. The first-order valence-corrected chi connectivity index (χ1v) is 12.2. The summed E-state index contributed by atoms with van der Waals surface area (Å²) in [6.45, 7) is 4.35. The maximum atomic E-state index is 13.4. The van der Waals surface area contributed by atoms with Gasteiger partial charge in [0.05, 0.1) is 10.6 Å². The number of nitrogens with one attached hydrogen (secondary N) is 1. The van der Waals surface area contributed by atoms with Gasteiger partial charge in [0.15, 0.2) is 9.84 Å². The van der Waals surface area contributed by atoms with Gasteiger partial charge in [-0.15, -0.1) is 0 Å². The maximum Gasteiger partial charge on any atom is 0.240 e. The van der Waals surface area contributed by atoms with Crippen LogP contribution in [0.25, 0.3) is 10.9 Å². The molecule has 0 atom stereocenters. The van der Waals surface area contributed by atoms with Crippen LogP contribution in [-0.2, 0) is 33.5 Å². The second kappa shape index (κ2) is 9.01. The van der Waals surface area contributed by atoms with Crippen LogP contribution in [0.4, 0.5) is 0 Å². The van der Waals surface area contributed by atoms with Gasteiger partial charge in [-0.1, -0.05) is 72.3 Å². The molecular weight excluding hydrogens is 420 g/mol. The molecule has 0 spiro atoms. The molecule has 5 nitrogen and oxygen atoms in total. The molecule has 164 valence electrons. The van der Waals surface area contributed by atoms with Crippen LogP contribution in [0.15, 0.2) is 83.9 Å². The molecule has 0 bridgehead atoms. The smallest absolute Gasteiger partial charge is 0.240 e. The van der Waals surface area contributed by atoms with Crippen LogP contribution in [0.1, 0.15) is 22.3 Å². The van der Waals surface area contributed by atoms with Crippen molar-refractivity contribution in [1.29, 1.82) is 0 Å². The van der Waals surface area contributed by atoms with E-state index in [4.69, 9.17) is 0 Å². The summed E-state index contributed by atoms with van der Waals surface area (Å²) in [6, 6.07) is 22.8. The van der Waals surface area contributed by atoms with E-state index >= 15 is 0 Å². The Hall–Kier alpha value is -3.38. The molecule has 4 rings (SSSR count). The monoisotopic (exact) mass is 446 g/mol. The van der Waals surface area contributed by atoms with Gasteiger partial charge in [-0.3, -0.25) is 4.79 Å². The van der Waals surface area contributed by atoms with E-state index in [0.29, 0.717) is 11.9 Å². The molecule has 0 radical (unpaired) electrons. The van der Waals surface area contributed by atoms with Crippen molar-refractivity contribution >= 4 is 26.6 Å². The van der Waals surface area contributed by atoms with E-state index in [1.807, 2.05) is 80.6 Å². The lowest BCUT2D eigenvalue weighted by Gasteiger charge is -2.08. The lowest BCUT2D eigenvalue weighted by atomic mass is 10.1. The fourth-order valence-corrected chi connectivity index (χ4v) is 5.51. The van der Waals surface area contributed by atoms with Crippen LogP contribution in [0.5, 0.6) is 0 Å². The van der Waals surface area contributed by atoms with Crippen molar-refractivity contribution in [3.05, 3.63) is 101 Å². The van der Waals surface area contributed by atoms with E-state index in [1.165, 1.54) is 0 Å². The molecule has 1 amide bonds. The highest BCUT2D eigenvalue weighted by Crippen LogP contribution is 2.29. The Labute approximate surface area is 188 Å². The molecule has 0 aliphatic heterocycles. The second-order valence-electron chi connectivity index (χ2n) is 8.09. The van der Waals surface area contributed by atoms with Gasteiger partial charge in [0.2, 0.25) is 5.91 Å². The highest BCUT2D eigenvalue weighted by molar-refractivity contribution is 7.90. The normalized spacial score (nSPS) is 11.6. The number of carbonyl (C=O) groups excluding carboxylic acids is 1. The number of aromatic nitrogens is 1. The molecular formula is C26H26N2O3S. The minimum Gasteiger partial charge on any atom is -0.350 e. The van der Waals surface area contributed by atoms with Gasteiger partial charge in [-0.25, -0.2) is 8.42 Å². The fourth-order valence-electron chi connectivity index (χ4n) is 3.84. The molecule has 1 heterocycles. The lowest BCUT2D eigenvalue weighted by Crippen LogP contribution is -2.26. The van der Waals surface area contributed by atoms with E-state index < -0.39 is 9.84 Å². The van der Waals surface area contributed by atoms with Gasteiger partial charge < -0.3 is 9.88 Å². The first kappa shape index (κ1) is 21.8. The highest BCUT2D eigenvalue weighted by atomic mass is 32.2. The first-order valence-electron chi connectivity index (χ1n) is 10.5. The van der Waals surface area contributed by atoms with Crippen molar-refractivity contribution in [3.8, 4) is 0 Å². The minimum absolute atomic E-state index is 0.0480. The molecule has 4 aromatic rings. The standard InChI is InChI=1S/C26H26N2O3S/c1-19-12-13-20(2)22(14-19)18-32(30,31)25-16-28(24-11-7-6-10-23(24)25)17-26(29)27-15-21-8-4-3-5-9-21/h3-14,16H,15,17-18H2,1-2H3,(H,27,29). The quantitative estimate of drug-likeness (QED) is 0.453. The third-order valence-electron chi connectivity index (χ3n) is 5.58. The number of amides is 1. The van der Waals surface area contributed by atoms with E-state index in [1.54, 1.807) is 16.8 Å². The van der Waals surface area contributed by atoms with Crippen LogP contribution in [0.2, 0.25) is 0 Å². The lowest BCUT2D eigenvalue weighted by molar-refractivity contribution is -0.121. The van der Waals surface area contributed by atoms with Crippen LogP contribution < -0.4 is 5.32 Å². The highest BCUT2D eigenvalue weighted by Gasteiger charge is 2.23. The summed E-state index contributed by atoms with van der Waals surface area (Å²) in [5.41, 5.74) is 4.50. The Morgan fingerprint density at radius 3 is 2.44 bits per heavy atom. The number of aryl methyl sites for hydroxylation is 2. The molecule has 1 N–H and O–H groups in total. The average molecular weight is 447 g/mol. The number of sulfone groups is 1. The maximum absolute atomic E-state index is 13.4. The molecule has 0 aliphatic rings. The van der Waals surface area contributed by atoms with Crippen LogP contribution in [0, 0.1) is 13.8 Å². The topological polar surface area (TPSA) is 68.2 Å². The molecule has 0 saturated carbocycles. The zero-order chi connectivity index (χ0) is 22.7. The summed E-state index contributed by atoms with van der Waals surface area (Å²) >= 11 is 0. The number of rotatable bonds is 7. The first-order chi connectivity index (χ1) is 15.3. The SMILES string of the molecule is Cc1ccc(C)c(CS(=O)(=O)c2cn(CC(=O)NCc3ccccc3)c3ccccc23)c1. The van der Waals surface area contributed by atoms with Gasteiger partial charge in [-0.05, 0) is 36.6 Å². The number of para-hydroxylation sites is 1. The van der Waals surface area contributed by atoms with Gasteiger partial charge in [0.1, 0.15) is 6.54 Å². The average Bonchev–Trinajstić information content (AvgIpc) is 3.15. The van der Waals surface area contributed by atoms with Crippen molar-refractivity contribution in [2.75, 3.05) is 0 Å². The van der Waals surface area contributed by atoms with Crippen molar-refractivity contribution < 1.29 is 13.2 Å². The summed E-state index contributed by atoms with van der Waals surface area (Å²) in [7, 11) is -3.60. The van der Waals surface area contributed by atoms with E-state index in [2.05, 4.69) is 5.32 Å². The van der Waals surface area contributed by atoms with Crippen LogP contribution in [-0.4, -0.2) is 18.9 Å². The van der Waals surface area contributed by atoms with Crippen molar-refractivity contribution in [3.63, 3.8) is 0 Å². The molecule has 3 aromatic carbocycles. The zero-order valence-electron chi connectivity index (χ0n) is 18.2. The molecule has 32 heavy (non-hydrogen) atoms. The summed E-state index contributed by atoms with van der Waals surface area (Å²) in [5, 5.41) is 3.54. The van der Waals surface area contributed by atoms with Crippen molar-refractivity contribution in [1.82, 2.24) is 9.88 Å². The van der Waals surface area contributed by atoms with E-state index in [-0.39, 0.29) is 23.1 Å². The summed E-state index contributed by atoms with van der Waals surface area (Å²) in [4.78, 5) is 12.8. The summed E-state index contributed by atoms with van der Waals surface area (Å²) in [6.07, 6.45) is 1.59. The van der Waals surface area contributed by atoms with Gasteiger partial charge in [0.25, 0.3) is 0 Å². The Morgan fingerprint density at radius 2 is 1.66 bits per heavy atom. The Bertz CT molecular complexity index is 1370. The third-order valence-corrected chi connectivity index (χ3v) is 7.27. The van der Waals surface area contributed by atoms with Gasteiger partial charge >= 0.3 is 0 Å². The third kappa shape index (κ3) is 4.75. The Balaban J connectivity index is 1.61. The molecule has 0 fully saturated rings. The fraction of sp³-hybridized carbons (Fsp3) is 0.192. The Morgan fingerprint density at radius 1 is 0.938 bits per heavy atom. The molecule has 6 heteroatoms. The number of hydrogen-bond donors (Lipinski definition) is 1. The molecule has 1 aromatic heterocycles. The molecule has 0 saturated heterocycles. The molecule has 0 aliphatic carbocycles. The van der Waals surface area contributed by atoms with Gasteiger partial charge in [0, 0.05) is 23.6 Å².